The zero-order chi connectivity index (χ0) is 24.6. The van der Waals surface area contributed by atoms with Crippen LogP contribution in [0.15, 0.2) is 64.9 Å². The number of rotatable bonds is 8. The van der Waals surface area contributed by atoms with Gasteiger partial charge in [0.2, 0.25) is 15.9 Å². The molecule has 0 N–H and O–H groups in total. The van der Waals surface area contributed by atoms with E-state index in [9.17, 15) is 17.6 Å². The van der Waals surface area contributed by atoms with E-state index in [4.69, 9.17) is 4.74 Å². The molecule has 0 radical (unpaired) electrons. The minimum absolute atomic E-state index is 0.0878. The van der Waals surface area contributed by atoms with Crippen molar-refractivity contribution in [1.29, 1.82) is 0 Å². The summed E-state index contributed by atoms with van der Waals surface area (Å²) in [6.45, 7) is 2.22. The Hall–Kier alpha value is -2.75. The van der Waals surface area contributed by atoms with Crippen LogP contribution in [-0.2, 0) is 21.2 Å². The first-order valence-corrected chi connectivity index (χ1v) is 14.0. The minimum atomic E-state index is -3.81. The maximum atomic E-state index is 14.1. The number of carbonyl (C=O) groups is 1. The number of hydrogen-bond donors (Lipinski definition) is 0. The van der Waals surface area contributed by atoms with Crippen molar-refractivity contribution in [3.8, 4) is 5.75 Å². The molecule has 1 fully saturated rings. The Bertz CT molecular complexity index is 1320. The largest absolute Gasteiger partial charge is 0.488 e. The third kappa shape index (κ3) is 4.98. The van der Waals surface area contributed by atoms with E-state index in [2.05, 4.69) is 0 Å². The number of aryl methyl sites for hydroxylation is 1. The Kier molecular flexibility index (Phi) is 6.65. The summed E-state index contributed by atoms with van der Waals surface area (Å²) in [5.41, 5.74) is 1.95. The van der Waals surface area contributed by atoms with Crippen LogP contribution in [-0.4, -0.2) is 49.3 Å². The standard InChI is InChI=1S/C26H27FN2O4S2/c1-18-6-10-20(11-7-18)35(31,32)29(19-8-9-19)16-26(30)28-14-12-25-21(13-15-34-25)23(28)17-33-24-5-3-2-4-22(24)27/h2-7,10-11,13,15,19,23H,8-9,12,14,16-17H2,1H3. The number of ether oxygens (including phenoxy) is 1. The molecule has 0 bridgehead atoms. The Balaban J connectivity index is 1.38. The fraction of sp³-hybridized carbons (Fsp3) is 0.346. The molecule has 1 aliphatic carbocycles. The number of halogens is 1. The first kappa shape index (κ1) is 24.0. The van der Waals surface area contributed by atoms with Gasteiger partial charge in [-0.15, -0.1) is 11.3 Å². The molecule has 1 aromatic heterocycles. The topological polar surface area (TPSA) is 66.9 Å². The SMILES string of the molecule is Cc1ccc(S(=O)(=O)N(CC(=O)N2CCc3sccc3C2COc2ccccc2F)C2CC2)cc1. The first-order valence-electron chi connectivity index (χ1n) is 11.7. The summed E-state index contributed by atoms with van der Waals surface area (Å²) in [4.78, 5) is 16.6. The number of carbonyl (C=O) groups excluding carboxylic acids is 1. The van der Waals surface area contributed by atoms with Gasteiger partial charge in [0, 0.05) is 17.5 Å². The Labute approximate surface area is 209 Å². The highest BCUT2D eigenvalue weighted by atomic mass is 32.2. The van der Waals surface area contributed by atoms with Crippen molar-refractivity contribution in [2.24, 2.45) is 0 Å². The summed E-state index contributed by atoms with van der Waals surface area (Å²) in [6.07, 6.45) is 2.18. The van der Waals surface area contributed by atoms with E-state index in [0.29, 0.717) is 13.0 Å². The highest BCUT2D eigenvalue weighted by Gasteiger charge is 2.41. The second kappa shape index (κ2) is 9.72. The van der Waals surface area contributed by atoms with Crippen LogP contribution in [0, 0.1) is 12.7 Å². The molecule has 0 saturated heterocycles. The summed E-state index contributed by atoms with van der Waals surface area (Å²) in [7, 11) is -3.81. The van der Waals surface area contributed by atoms with Gasteiger partial charge in [0.05, 0.1) is 17.5 Å². The van der Waals surface area contributed by atoms with E-state index in [1.54, 1.807) is 58.7 Å². The van der Waals surface area contributed by atoms with Crippen LogP contribution in [0.5, 0.6) is 5.75 Å². The minimum Gasteiger partial charge on any atom is -0.488 e. The number of thiophene rings is 1. The van der Waals surface area contributed by atoms with Crippen LogP contribution in [0.4, 0.5) is 4.39 Å². The van der Waals surface area contributed by atoms with Crippen molar-refractivity contribution < 1.29 is 22.3 Å². The summed E-state index contributed by atoms with van der Waals surface area (Å²) >= 11 is 1.63. The number of nitrogens with zero attached hydrogens (tertiary/aromatic N) is 2. The molecule has 5 rings (SSSR count). The van der Waals surface area contributed by atoms with E-state index in [1.165, 1.54) is 15.2 Å². The lowest BCUT2D eigenvalue weighted by molar-refractivity contribution is -0.135. The van der Waals surface area contributed by atoms with Gasteiger partial charge in [0.15, 0.2) is 11.6 Å². The molecule has 2 heterocycles. The maximum Gasteiger partial charge on any atom is 0.243 e. The zero-order valence-electron chi connectivity index (χ0n) is 19.4. The third-order valence-corrected chi connectivity index (χ3v) is 9.43. The van der Waals surface area contributed by atoms with Crippen molar-refractivity contribution in [2.45, 2.75) is 43.2 Å². The van der Waals surface area contributed by atoms with Crippen LogP contribution in [0.2, 0.25) is 0 Å². The number of sulfonamides is 1. The predicted molar refractivity (Wildman–Crippen MR) is 132 cm³/mol. The molecular weight excluding hydrogens is 487 g/mol. The van der Waals surface area contributed by atoms with Crippen LogP contribution in [0.25, 0.3) is 0 Å². The third-order valence-electron chi connectivity index (χ3n) is 6.52. The van der Waals surface area contributed by atoms with Crippen molar-refractivity contribution in [2.75, 3.05) is 19.7 Å². The average Bonchev–Trinajstić information content (AvgIpc) is 3.57. The summed E-state index contributed by atoms with van der Waals surface area (Å²) < 4.78 is 48.1. The number of fused-ring (bicyclic) bond motifs is 1. The lowest BCUT2D eigenvalue weighted by Crippen LogP contribution is -2.48. The van der Waals surface area contributed by atoms with Gasteiger partial charge in [-0.05, 0) is 67.5 Å². The maximum absolute atomic E-state index is 14.1. The summed E-state index contributed by atoms with van der Waals surface area (Å²) in [5.74, 6) is -0.605. The second-order valence-electron chi connectivity index (χ2n) is 8.99. The fourth-order valence-corrected chi connectivity index (χ4v) is 7.01. The van der Waals surface area contributed by atoms with Crippen LogP contribution >= 0.6 is 11.3 Å². The van der Waals surface area contributed by atoms with Gasteiger partial charge in [-0.25, -0.2) is 12.8 Å². The smallest absolute Gasteiger partial charge is 0.243 e. The predicted octanol–water partition coefficient (Wildman–Crippen LogP) is 4.55. The Morgan fingerprint density at radius 1 is 1.14 bits per heavy atom. The fourth-order valence-electron chi connectivity index (χ4n) is 4.45. The number of hydrogen-bond acceptors (Lipinski definition) is 5. The van der Waals surface area contributed by atoms with E-state index < -0.39 is 21.9 Å². The van der Waals surface area contributed by atoms with Crippen LogP contribution in [0.3, 0.4) is 0 Å². The highest BCUT2D eigenvalue weighted by molar-refractivity contribution is 7.89. The van der Waals surface area contributed by atoms with Gasteiger partial charge in [0.1, 0.15) is 6.61 Å². The molecule has 0 spiro atoms. The Morgan fingerprint density at radius 3 is 2.60 bits per heavy atom. The van der Waals surface area contributed by atoms with E-state index >= 15 is 0 Å². The van der Waals surface area contributed by atoms with E-state index in [1.807, 2.05) is 18.4 Å². The molecule has 1 amide bonds. The molecule has 1 aliphatic heterocycles. The van der Waals surface area contributed by atoms with Gasteiger partial charge < -0.3 is 9.64 Å². The van der Waals surface area contributed by atoms with Gasteiger partial charge in [0.25, 0.3) is 0 Å². The molecule has 3 aromatic rings. The van der Waals surface area contributed by atoms with E-state index in [0.717, 1.165) is 24.0 Å². The lowest BCUT2D eigenvalue weighted by Gasteiger charge is -2.37. The molecular formula is C26H27FN2O4S2. The highest BCUT2D eigenvalue weighted by Crippen LogP contribution is 2.36. The summed E-state index contributed by atoms with van der Waals surface area (Å²) in [5, 5.41) is 1.98. The molecule has 35 heavy (non-hydrogen) atoms. The normalized spacial score (nSPS) is 17.9. The van der Waals surface area contributed by atoms with Crippen LogP contribution < -0.4 is 4.74 Å². The van der Waals surface area contributed by atoms with Gasteiger partial charge in [-0.3, -0.25) is 4.79 Å². The summed E-state index contributed by atoms with van der Waals surface area (Å²) in [6, 6.07) is 14.3. The van der Waals surface area contributed by atoms with Crippen molar-refractivity contribution in [1.82, 2.24) is 9.21 Å². The quantitative estimate of drug-likeness (QED) is 0.442. The zero-order valence-corrected chi connectivity index (χ0v) is 21.0. The monoisotopic (exact) mass is 514 g/mol. The molecule has 9 heteroatoms. The van der Waals surface area contributed by atoms with Gasteiger partial charge >= 0.3 is 0 Å². The molecule has 6 nitrogen and oxygen atoms in total. The van der Waals surface area contributed by atoms with Crippen LogP contribution in [0.1, 0.15) is 34.9 Å². The average molecular weight is 515 g/mol. The Morgan fingerprint density at radius 2 is 1.89 bits per heavy atom. The number of benzene rings is 2. The molecule has 2 aliphatic rings. The molecule has 1 atom stereocenters. The van der Waals surface area contributed by atoms with Gasteiger partial charge in [-0.2, -0.15) is 4.31 Å². The van der Waals surface area contributed by atoms with Crippen molar-refractivity contribution in [3.63, 3.8) is 0 Å². The first-order chi connectivity index (χ1) is 16.8. The molecule has 184 valence electrons. The number of para-hydroxylation sites is 1. The molecule has 2 aromatic carbocycles. The second-order valence-corrected chi connectivity index (χ2v) is 11.9. The lowest BCUT2D eigenvalue weighted by atomic mass is 10.0. The van der Waals surface area contributed by atoms with Gasteiger partial charge in [-0.1, -0.05) is 29.8 Å². The molecule has 1 unspecified atom stereocenters. The van der Waals surface area contributed by atoms with Crippen molar-refractivity contribution >= 4 is 27.3 Å². The van der Waals surface area contributed by atoms with Crippen molar-refractivity contribution in [3.05, 3.63) is 81.8 Å². The molecule has 1 saturated carbocycles. The van der Waals surface area contributed by atoms with E-state index in [-0.39, 0.29) is 35.7 Å². The number of amides is 1.